The summed E-state index contributed by atoms with van der Waals surface area (Å²) in [6, 6.07) is 4.65. The van der Waals surface area contributed by atoms with Gasteiger partial charge in [0.2, 0.25) is 5.91 Å². The van der Waals surface area contributed by atoms with Crippen molar-refractivity contribution in [1.82, 2.24) is 21.5 Å². The van der Waals surface area contributed by atoms with E-state index in [-0.39, 0.29) is 23.4 Å². The fourth-order valence-electron chi connectivity index (χ4n) is 1.97. The number of hydrazine groups is 1. The summed E-state index contributed by atoms with van der Waals surface area (Å²) in [6.45, 7) is 1.40. The molecule has 6 nitrogen and oxygen atoms in total. The third-order valence-electron chi connectivity index (χ3n) is 3.05. The van der Waals surface area contributed by atoms with Gasteiger partial charge in [-0.2, -0.15) is 0 Å². The maximum absolute atomic E-state index is 12.0. The number of hydrogen-bond acceptors (Lipinski definition) is 4. The maximum Gasteiger partial charge on any atom is 0.254 e. The Morgan fingerprint density at radius 3 is 2.48 bits per heavy atom. The van der Waals surface area contributed by atoms with Crippen molar-refractivity contribution in [3.8, 4) is 0 Å². The zero-order valence-electron chi connectivity index (χ0n) is 11.2. The molecule has 1 atom stereocenters. The molecule has 2 amide bonds. The minimum absolute atomic E-state index is 0.0926. The van der Waals surface area contributed by atoms with Crippen molar-refractivity contribution in [2.75, 3.05) is 19.6 Å². The van der Waals surface area contributed by atoms with Gasteiger partial charge in [0.25, 0.3) is 5.91 Å². The first-order valence-electron chi connectivity index (χ1n) is 6.58. The summed E-state index contributed by atoms with van der Waals surface area (Å²) in [6.07, 6.45) is 0.743. The number of carbonyl (C=O) groups excluding carboxylic acids is 2. The lowest BCUT2D eigenvalue weighted by Crippen LogP contribution is -2.45. The molecule has 0 aliphatic carbocycles. The molecule has 1 fully saturated rings. The lowest BCUT2D eigenvalue weighted by atomic mass is 10.2. The fourth-order valence-corrected chi connectivity index (χ4v) is 2.54. The molecule has 21 heavy (non-hydrogen) atoms. The van der Waals surface area contributed by atoms with Crippen molar-refractivity contribution in [3.05, 3.63) is 33.8 Å². The van der Waals surface area contributed by atoms with Crippen LogP contribution in [0.2, 0.25) is 10.0 Å². The minimum atomic E-state index is -0.361. The first-order chi connectivity index (χ1) is 10.1. The molecule has 1 saturated heterocycles. The molecular formula is C13H16Cl2N4O2. The molecule has 0 bridgehead atoms. The molecule has 0 radical (unpaired) electrons. The SMILES string of the molecule is O=C(NCCNC(=O)C1CCNN1)c1c(Cl)cccc1Cl. The van der Waals surface area contributed by atoms with Crippen molar-refractivity contribution in [3.63, 3.8) is 0 Å². The Morgan fingerprint density at radius 2 is 1.86 bits per heavy atom. The Morgan fingerprint density at radius 1 is 1.19 bits per heavy atom. The smallest absolute Gasteiger partial charge is 0.254 e. The highest BCUT2D eigenvalue weighted by atomic mass is 35.5. The third kappa shape index (κ3) is 4.31. The molecule has 114 valence electrons. The Kier molecular flexibility index (Phi) is 5.81. The van der Waals surface area contributed by atoms with Gasteiger partial charge in [-0.3, -0.25) is 15.0 Å². The summed E-state index contributed by atoms with van der Waals surface area (Å²) < 4.78 is 0. The van der Waals surface area contributed by atoms with E-state index in [9.17, 15) is 9.59 Å². The summed E-state index contributed by atoms with van der Waals surface area (Å²) in [5, 5.41) is 6.00. The number of halogens is 2. The molecule has 1 unspecified atom stereocenters. The predicted octanol–water partition coefficient (Wildman–Crippen LogP) is 0.706. The summed E-state index contributed by atoms with van der Waals surface area (Å²) in [4.78, 5) is 23.7. The van der Waals surface area contributed by atoms with Crippen LogP contribution in [0, 0.1) is 0 Å². The van der Waals surface area contributed by atoms with Crippen molar-refractivity contribution >= 4 is 35.0 Å². The molecule has 1 aliphatic rings. The Labute approximate surface area is 132 Å². The number of amides is 2. The summed E-state index contributed by atoms with van der Waals surface area (Å²) in [5.74, 6) is -0.453. The topological polar surface area (TPSA) is 82.3 Å². The van der Waals surface area contributed by atoms with E-state index < -0.39 is 0 Å². The van der Waals surface area contributed by atoms with Gasteiger partial charge in [0.05, 0.1) is 15.6 Å². The average molecular weight is 331 g/mol. The Balaban J connectivity index is 1.75. The zero-order valence-corrected chi connectivity index (χ0v) is 12.7. The second kappa shape index (κ2) is 7.61. The maximum atomic E-state index is 12.0. The molecule has 8 heteroatoms. The molecule has 0 saturated carbocycles. The number of carbonyl (C=O) groups is 2. The monoisotopic (exact) mass is 330 g/mol. The van der Waals surface area contributed by atoms with Gasteiger partial charge in [-0.15, -0.1) is 0 Å². The van der Waals surface area contributed by atoms with E-state index in [1.807, 2.05) is 0 Å². The number of benzene rings is 1. The highest BCUT2D eigenvalue weighted by Gasteiger charge is 2.21. The molecule has 2 rings (SSSR count). The van der Waals surface area contributed by atoms with Gasteiger partial charge in [-0.05, 0) is 18.6 Å². The van der Waals surface area contributed by atoms with Gasteiger partial charge >= 0.3 is 0 Å². The van der Waals surface area contributed by atoms with Crippen molar-refractivity contribution in [1.29, 1.82) is 0 Å². The van der Waals surface area contributed by atoms with Crippen molar-refractivity contribution in [2.24, 2.45) is 0 Å². The van der Waals surface area contributed by atoms with Crippen LogP contribution in [0.1, 0.15) is 16.8 Å². The lowest BCUT2D eigenvalue weighted by Gasteiger charge is -2.11. The number of hydrogen-bond donors (Lipinski definition) is 4. The van der Waals surface area contributed by atoms with E-state index in [1.165, 1.54) is 0 Å². The predicted molar refractivity (Wildman–Crippen MR) is 81.3 cm³/mol. The third-order valence-corrected chi connectivity index (χ3v) is 3.68. The van der Waals surface area contributed by atoms with Crippen LogP contribution in [0.4, 0.5) is 0 Å². The summed E-state index contributed by atoms with van der Waals surface area (Å²) in [5.41, 5.74) is 5.99. The van der Waals surface area contributed by atoms with Gasteiger partial charge in [-0.25, -0.2) is 5.43 Å². The van der Waals surface area contributed by atoms with Crippen LogP contribution >= 0.6 is 23.2 Å². The molecule has 0 aromatic heterocycles. The quantitative estimate of drug-likeness (QED) is 0.599. The Bertz CT molecular complexity index is 513. The van der Waals surface area contributed by atoms with E-state index in [1.54, 1.807) is 18.2 Å². The zero-order chi connectivity index (χ0) is 15.2. The van der Waals surface area contributed by atoms with Crippen LogP contribution in [0.25, 0.3) is 0 Å². The van der Waals surface area contributed by atoms with Crippen LogP contribution < -0.4 is 21.5 Å². The Hall–Kier alpha value is -1.34. The van der Waals surface area contributed by atoms with Crippen LogP contribution in [0.15, 0.2) is 18.2 Å². The molecule has 4 N–H and O–H groups in total. The summed E-state index contributed by atoms with van der Waals surface area (Å²) in [7, 11) is 0. The average Bonchev–Trinajstić information content (AvgIpc) is 2.97. The molecule has 1 heterocycles. The van der Waals surface area contributed by atoms with Gasteiger partial charge in [-0.1, -0.05) is 29.3 Å². The van der Waals surface area contributed by atoms with E-state index in [2.05, 4.69) is 21.5 Å². The second-order valence-electron chi connectivity index (χ2n) is 4.56. The highest BCUT2D eigenvalue weighted by molar-refractivity contribution is 6.39. The van der Waals surface area contributed by atoms with Crippen LogP contribution in [0.3, 0.4) is 0 Å². The second-order valence-corrected chi connectivity index (χ2v) is 5.37. The van der Waals surface area contributed by atoms with E-state index in [0.717, 1.165) is 13.0 Å². The van der Waals surface area contributed by atoms with Crippen molar-refractivity contribution < 1.29 is 9.59 Å². The first kappa shape index (κ1) is 16.0. The first-order valence-corrected chi connectivity index (χ1v) is 7.33. The van der Waals surface area contributed by atoms with Gasteiger partial charge < -0.3 is 10.6 Å². The summed E-state index contributed by atoms with van der Waals surface area (Å²) >= 11 is 11.9. The standard InChI is InChI=1S/C13H16Cl2N4O2/c14-8-2-1-3-9(15)11(8)13(21)17-7-6-16-12(20)10-4-5-18-19-10/h1-3,10,18-19H,4-7H2,(H,16,20)(H,17,21). The fraction of sp³-hybridized carbons (Fsp3) is 0.385. The van der Waals surface area contributed by atoms with E-state index in [4.69, 9.17) is 23.2 Å². The van der Waals surface area contributed by atoms with E-state index in [0.29, 0.717) is 23.1 Å². The van der Waals surface area contributed by atoms with Crippen LogP contribution in [0.5, 0.6) is 0 Å². The van der Waals surface area contributed by atoms with Gasteiger partial charge in [0, 0.05) is 19.6 Å². The number of nitrogens with one attached hydrogen (secondary N) is 4. The van der Waals surface area contributed by atoms with Crippen molar-refractivity contribution in [2.45, 2.75) is 12.5 Å². The molecule has 1 aromatic rings. The van der Waals surface area contributed by atoms with Crippen LogP contribution in [-0.4, -0.2) is 37.5 Å². The van der Waals surface area contributed by atoms with Crippen LogP contribution in [-0.2, 0) is 4.79 Å². The van der Waals surface area contributed by atoms with Gasteiger partial charge in [0.15, 0.2) is 0 Å². The minimum Gasteiger partial charge on any atom is -0.353 e. The number of rotatable bonds is 5. The van der Waals surface area contributed by atoms with E-state index >= 15 is 0 Å². The molecular weight excluding hydrogens is 315 g/mol. The normalized spacial score (nSPS) is 17.5. The molecule has 1 aliphatic heterocycles. The largest absolute Gasteiger partial charge is 0.353 e. The lowest BCUT2D eigenvalue weighted by molar-refractivity contribution is -0.122. The highest BCUT2D eigenvalue weighted by Crippen LogP contribution is 2.23. The molecule has 1 aromatic carbocycles. The van der Waals surface area contributed by atoms with Gasteiger partial charge in [0.1, 0.15) is 6.04 Å². The molecule has 0 spiro atoms.